The number of hydrogen-bond donors (Lipinski definition) is 1. The van der Waals surface area contributed by atoms with Gasteiger partial charge in [-0.25, -0.2) is 14.4 Å². The van der Waals surface area contributed by atoms with Crippen molar-refractivity contribution in [2.45, 2.75) is 13.8 Å². The third kappa shape index (κ3) is 2.59. The van der Waals surface area contributed by atoms with Crippen LogP contribution in [0.5, 0.6) is 0 Å². The predicted octanol–water partition coefficient (Wildman–Crippen LogP) is 3.68. The maximum atomic E-state index is 13.3. The molecular formula is C13H13ClFN3. The van der Waals surface area contributed by atoms with E-state index in [4.69, 9.17) is 11.6 Å². The Hall–Kier alpha value is -1.68. The zero-order valence-corrected chi connectivity index (χ0v) is 10.9. The van der Waals surface area contributed by atoms with Crippen LogP contribution in [-0.2, 0) is 0 Å². The van der Waals surface area contributed by atoms with Crippen molar-refractivity contribution >= 4 is 17.5 Å². The van der Waals surface area contributed by atoms with Crippen molar-refractivity contribution in [3.8, 4) is 11.3 Å². The summed E-state index contributed by atoms with van der Waals surface area (Å²) in [5.74, 6) is 0.177. The molecule has 1 N–H and O–H groups in total. The summed E-state index contributed by atoms with van der Waals surface area (Å²) in [5, 5.41) is 3.49. The van der Waals surface area contributed by atoms with Gasteiger partial charge in [0.1, 0.15) is 5.82 Å². The predicted molar refractivity (Wildman–Crippen MR) is 71.3 cm³/mol. The number of nitrogens with one attached hydrogen (secondary N) is 1. The summed E-state index contributed by atoms with van der Waals surface area (Å²) in [4.78, 5) is 8.51. The number of benzene rings is 1. The van der Waals surface area contributed by atoms with Crippen molar-refractivity contribution in [2.24, 2.45) is 0 Å². The number of rotatable bonds is 3. The molecule has 1 heterocycles. The number of aromatic nitrogens is 2. The molecule has 2 aromatic rings. The standard InChI is InChI=1S/C13H13ClFN3/c1-3-16-13-17-7-8(2)12(18-13)10-6-9(15)4-5-11(10)14/h4-7H,3H2,1-2H3,(H,16,17,18). The summed E-state index contributed by atoms with van der Waals surface area (Å²) in [7, 11) is 0. The lowest BCUT2D eigenvalue weighted by molar-refractivity contribution is 0.628. The van der Waals surface area contributed by atoms with E-state index in [1.807, 2.05) is 13.8 Å². The Balaban J connectivity index is 2.55. The second-order valence-corrected chi connectivity index (χ2v) is 4.29. The van der Waals surface area contributed by atoms with Gasteiger partial charge in [-0.3, -0.25) is 0 Å². The van der Waals surface area contributed by atoms with Crippen LogP contribution < -0.4 is 5.32 Å². The Morgan fingerprint density at radius 1 is 1.39 bits per heavy atom. The normalized spacial score (nSPS) is 10.4. The van der Waals surface area contributed by atoms with Crippen LogP contribution in [-0.4, -0.2) is 16.5 Å². The van der Waals surface area contributed by atoms with E-state index >= 15 is 0 Å². The Labute approximate surface area is 110 Å². The van der Waals surface area contributed by atoms with E-state index in [1.54, 1.807) is 6.20 Å². The summed E-state index contributed by atoms with van der Waals surface area (Å²) in [5.41, 5.74) is 2.07. The number of halogens is 2. The minimum absolute atomic E-state index is 0.336. The average molecular weight is 266 g/mol. The topological polar surface area (TPSA) is 37.8 Å². The SMILES string of the molecule is CCNc1ncc(C)c(-c2cc(F)ccc2Cl)n1. The van der Waals surface area contributed by atoms with Gasteiger partial charge in [0.05, 0.1) is 10.7 Å². The van der Waals surface area contributed by atoms with Gasteiger partial charge in [-0.15, -0.1) is 0 Å². The molecule has 0 aliphatic rings. The minimum atomic E-state index is -0.336. The molecule has 0 aliphatic carbocycles. The molecule has 0 saturated heterocycles. The van der Waals surface area contributed by atoms with Gasteiger partial charge in [-0.1, -0.05) is 11.6 Å². The number of anilines is 1. The minimum Gasteiger partial charge on any atom is -0.354 e. The third-order valence-corrected chi connectivity index (χ3v) is 2.82. The maximum Gasteiger partial charge on any atom is 0.223 e. The van der Waals surface area contributed by atoms with E-state index < -0.39 is 0 Å². The number of nitrogens with zero attached hydrogens (tertiary/aromatic N) is 2. The van der Waals surface area contributed by atoms with Gasteiger partial charge in [0.15, 0.2) is 0 Å². The molecule has 0 fully saturated rings. The first-order valence-corrected chi connectivity index (χ1v) is 6.02. The van der Waals surface area contributed by atoms with E-state index in [0.717, 1.165) is 12.1 Å². The molecule has 0 amide bonds. The fourth-order valence-corrected chi connectivity index (χ4v) is 1.84. The summed E-state index contributed by atoms with van der Waals surface area (Å²) in [6.07, 6.45) is 1.70. The molecule has 0 aliphatic heterocycles. The Kier molecular flexibility index (Phi) is 3.77. The molecule has 0 atom stereocenters. The van der Waals surface area contributed by atoms with Crippen molar-refractivity contribution in [2.75, 3.05) is 11.9 Å². The smallest absolute Gasteiger partial charge is 0.223 e. The summed E-state index contributed by atoms with van der Waals surface area (Å²) in [6.45, 7) is 4.55. The van der Waals surface area contributed by atoms with Gasteiger partial charge in [0.25, 0.3) is 0 Å². The molecule has 1 aromatic carbocycles. The fraction of sp³-hybridized carbons (Fsp3) is 0.231. The van der Waals surface area contributed by atoms with Crippen molar-refractivity contribution in [3.63, 3.8) is 0 Å². The van der Waals surface area contributed by atoms with Gasteiger partial charge in [-0.2, -0.15) is 0 Å². The van der Waals surface area contributed by atoms with Crippen LogP contribution in [0.1, 0.15) is 12.5 Å². The summed E-state index contributed by atoms with van der Waals surface area (Å²) >= 11 is 6.08. The van der Waals surface area contributed by atoms with E-state index in [0.29, 0.717) is 22.2 Å². The molecule has 0 unspecified atom stereocenters. The highest BCUT2D eigenvalue weighted by molar-refractivity contribution is 6.33. The van der Waals surface area contributed by atoms with E-state index in [9.17, 15) is 4.39 Å². The van der Waals surface area contributed by atoms with Crippen LogP contribution in [0.4, 0.5) is 10.3 Å². The molecule has 2 rings (SSSR count). The fourth-order valence-electron chi connectivity index (χ4n) is 1.64. The molecule has 3 nitrogen and oxygen atoms in total. The third-order valence-electron chi connectivity index (χ3n) is 2.49. The van der Waals surface area contributed by atoms with Crippen LogP contribution in [0, 0.1) is 12.7 Å². The van der Waals surface area contributed by atoms with Crippen LogP contribution in [0.15, 0.2) is 24.4 Å². The Morgan fingerprint density at radius 3 is 2.89 bits per heavy atom. The first-order valence-electron chi connectivity index (χ1n) is 5.64. The highest BCUT2D eigenvalue weighted by Gasteiger charge is 2.11. The van der Waals surface area contributed by atoms with E-state index in [1.165, 1.54) is 18.2 Å². The molecule has 0 spiro atoms. The molecule has 94 valence electrons. The lowest BCUT2D eigenvalue weighted by atomic mass is 10.1. The molecule has 1 aromatic heterocycles. The molecule has 18 heavy (non-hydrogen) atoms. The second-order valence-electron chi connectivity index (χ2n) is 3.88. The monoisotopic (exact) mass is 265 g/mol. The highest BCUT2D eigenvalue weighted by Crippen LogP contribution is 2.29. The van der Waals surface area contributed by atoms with Crippen LogP contribution in [0.25, 0.3) is 11.3 Å². The van der Waals surface area contributed by atoms with Gasteiger partial charge in [0, 0.05) is 18.3 Å². The largest absolute Gasteiger partial charge is 0.354 e. The van der Waals surface area contributed by atoms with E-state index in [-0.39, 0.29) is 5.82 Å². The molecule has 5 heteroatoms. The summed E-state index contributed by atoms with van der Waals surface area (Å²) in [6, 6.07) is 4.24. The van der Waals surface area contributed by atoms with Gasteiger partial charge >= 0.3 is 0 Å². The van der Waals surface area contributed by atoms with Gasteiger partial charge in [0.2, 0.25) is 5.95 Å². The lowest BCUT2D eigenvalue weighted by Crippen LogP contribution is -2.03. The van der Waals surface area contributed by atoms with Crippen molar-refractivity contribution < 1.29 is 4.39 Å². The molecule has 0 bridgehead atoms. The first kappa shape index (κ1) is 12.8. The van der Waals surface area contributed by atoms with E-state index in [2.05, 4.69) is 15.3 Å². The van der Waals surface area contributed by atoms with Crippen LogP contribution in [0.2, 0.25) is 5.02 Å². The van der Waals surface area contributed by atoms with Crippen molar-refractivity contribution in [1.82, 2.24) is 9.97 Å². The molecule has 0 saturated carbocycles. The maximum absolute atomic E-state index is 13.3. The summed E-state index contributed by atoms with van der Waals surface area (Å²) < 4.78 is 13.3. The van der Waals surface area contributed by atoms with Crippen LogP contribution in [0.3, 0.4) is 0 Å². The van der Waals surface area contributed by atoms with Gasteiger partial charge in [-0.05, 0) is 37.6 Å². The lowest BCUT2D eigenvalue weighted by Gasteiger charge is -2.09. The van der Waals surface area contributed by atoms with Crippen molar-refractivity contribution in [3.05, 3.63) is 40.8 Å². The van der Waals surface area contributed by atoms with Gasteiger partial charge < -0.3 is 5.32 Å². The van der Waals surface area contributed by atoms with Crippen molar-refractivity contribution in [1.29, 1.82) is 0 Å². The zero-order valence-electron chi connectivity index (χ0n) is 10.2. The number of aryl methyl sites for hydroxylation is 1. The average Bonchev–Trinajstić information content (AvgIpc) is 2.35. The first-order chi connectivity index (χ1) is 8.61. The molecule has 0 radical (unpaired) electrons. The zero-order chi connectivity index (χ0) is 13.1. The number of hydrogen-bond acceptors (Lipinski definition) is 3. The van der Waals surface area contributed by atoms with Crippen LogP contribution >= 0.6 is 11.6 Å². The Bertz CT molecular complexity index is 572. The second kappa shape index (κ2) is 5.31. The molecular weight excluding hydrogens is 253 g/mol. The highest BCUT2D eigenvalue weighted by atomic mass is 35.5. The quantitative estimate of drug-likeness (QED) is 0.920. The Morgan fingerprint density at radius 2 is 2.17 bits per heavy atom.